The summed E-state index contributed by atoms with van der Waals surface area (Å²) in [5, 5.41) is 51.2. The standard InChI is InChI=1S/C59H78N4O11S2/c1-6-33(16-19-64)55(70)74-57(4)39(30-66)21-37-31-75-76-48-24-42-45(68)15-14-44-51(53(42)61-5)54(48)63(44)50(69)23-36-28-62-49(60)25-41(36)52(37)59(57)27-35-20-34-22-43(56(71)72-46(34)26-47(35)73-59)58(17-8-7-9-18-58)38(29-65)11-13-40(67)12-10-32(2)3/h6,14-15,20-22,25-26,32,38-40,42,44,48,51-54,61-62,64-67H,7-13,16-19,23-24,27-31,60H2,1-5H3. The molecule has 15 nitrogen and oxygen atoms in total. The monoisotopic (exact) mass is 1080 g/mol. The molecule has 8 aliphatic rings. The second-order valence-electron chi connectivity index (χ2n) is 23.5. The van der Waals surface area contributed by atoms with Crippen molar-refractivity contribution in [3.05, 3.63) is 98.2 Å². The number of benzene rings is 1. The Balaban J connectivity index is 1.11. The van der Waals surface area contributed by atoms with Gasteiger partial charge < -0.3 is 55.6 Å². The lowest BCUT2D eigenvalue weighted by atomic mass is 9.57. The predicted molar refractivity (Wildman–Crippen MR) is 295 cm³/mol. The third kappa shape index (κ3) is 9.42. The van der Waals surface area contributed by atoms with Crippen molar-refractivity contribution in [1.82, 2.24) is 15.5 Å². The lowest BCUT2D eigenvalue weighted by Gasteiger charge is -2.62. The van der Waals surface area contributed by atoms with Crippen LogP contribution >= 0.6 is 21.6 Å². The van der Waals surface area contributed by atoms with Gasteiger partial charge in [-0.15, -0.1) is 0 Å². The first-order valence-corrected chi connectivity index (χ1v) is 30.2. The number of esters is 1. The van der Waals surface area contributed by atoms with Crippen LogP contribution in [0.4, 0.5) is 0 Å². The van der Waals surface area contributed by atoms with Gasteiger partial charge in [-0.2, -0.15) is 0 Å². The largest absolute Gasteiger partial charge is 0.481 e. The molecule has 2 saturated carbocycles. The average Bonchev–Trinajstić information content (AvgIpc) is 4.00. The van der Waals surface area contributed by atoms with E-state index < -0.39 is 52.8 Å². The summed E-state index contributed by atoms with van der Waals surface area (Å²) in [5.41, 5.74) is 6.77. The molecule has 12 unspecified atom stereocenters. The quantitative estimate of drug-likeness (QED) is 0.0334. The summed E-state index contributed by atoms with van der Waals surface area (Å²) >= 11 is 0. The van der Waals surface area contributed by atoms with Crippen molar-refractivity contribution in [2.24, 2.45) is 41.2 Å². The number of amides is 1. The number of allylic oxidation sites excluding steroid dienone is 3. The molecule has 1 saturated heterocycles. The molecule has 10 rings (SSSR count). The maximum atomic E-state index is 15.1. The molecule has 1 aromatic heterocycles. The number of dihydropyridines is 1. The van der Waals surface area contributed by atoms with E-state index in [1.54, 1.807) is 46.7 Å². The fraction of sp³-hybridized carbons (Fsp3) is 0.627. The van der Waals surface area contributed by atoms with Crippen LogP contribution in [-0.4, -0.2) is 123 Å². The van der Waals surface area contributed by atoms with Crippen molar-refractivity contribution >= 4 is 50.2 Å². The zero-order valence-corrected chi connectivity index (χ0v) is 46.3. The van der Waals surface area contributed by atoms with Gasteiger partial charge in [-0.3, -0.25) is 9.59 Å². The summed E-state index contributed by atoms with van der Waals surface area (Å²) in [7, 11) is 5.25. The molecular weight excluding hydrogens is 1000 g/mol. The SMILES string of the molecule is CC=C(CCO)C(=O)OC1(C)C(CO)C=C2CSSC3CC4C(=O)C=CC5C(C4NC)C3N5C(=O)CC3=C(C=C(N)NC3)C2C12Cc1cc3cc(C4(C(CO)CCC(O)CCC(C)C)CCCCC4)c(=O)oc3cc1O2. The van der Waals surface area contributed by atoms with E-state index in [-0.39, 0.29) is 97.4 Å². The second kappa shape index (κ2) is 22.1. The summed E-state index contributed by atoms with van der Waals surface area (Å²) in [6.07, 6.45) is 16.3. The van der Waals surface area contributed by atoms with Crippen LogP contribution in [0.5, 0.6) is 5.75 Å². The fourth-order valence-corrected chi connectivity index (χ4v) is 18.1. The van der Waals surface area contributed by atoms with Crippen LogP contribution < -0.4 is 26.7 Å². The van der Waals surface area contributed by atoms with Crippen molar-refractivity contribution < 1.29 is 48.7 Å². The molecule has 0 radical (unpaired) electrons. The van der Waals surface area contributed by atoms with Gasteiger partial charge in [0.05, 0.1) is 43.0 Å². The van der Waals surface area contributed by atoms with Crippen LogP contribution in [0.3, 0.4) is 0 Å². The number of carbonyl (C=O) groups excluding carboxylic acids is 3. The summed E-state index contributed by atoms with van der Waals surface area (Å²) in [6.45, 7) is 7.23. The van der Waals surface area contributed by atoms with Gasteiger partial charge >= 0.3 is 11.6 Å². The fourth-order valence-electron chi connectivity index (χ4n) is 15.1. The van der Waals surface area contributed by atoms with Gasteiger partial charge in [0.25, 0.3) is 0 Å². The molecule has 8 N–H and O–H groups in total. The molecule has 2 bridgehead atoms. The second-order valence-corrected chi connectivity index (χ2v) is 26.1. The molecule has 17 heteroatoms. The first kappa shape index (κ1) is 55.0. The average molecular weight is 1080 g/mol. The number of hydrogen-bond donors (Lipinski definition) is 7. The normalized spacial score (nSPS) is 32.6. The number of aliphatic hydroxyl groups is 4. The molecule has 3 fully saturated rings. The van der Waals surface area contributed by atoms with E-state index in [1.807, 2.05) is 49.2 Å². The zero-order valence-electron chi connectivity index (χ0n) is 44.7. The van der Waals surface area contributed by atoms with E-state index >= 15 is 4.79 Å². The van der Waals surface area contributed by atoms with Crippen LogP contribution in [0.15, 0.2) is 85.9 Å². The lowest BCUT2D eigenvalue weighted by molar-refractivity contribution is -0.202. The minimum Gasteiger partial charge on any atom is -0.481 e. The lowest BCUT2D eigenvalue weighted by Crippen LogP contribution is -2.75. The Morgan fingerprint density at radius 1 is 1.08 bits per heavy atom. The number of nitrogens with zero attached hydrogens (tertiary/aromatic N) is 1. The summed E-state index contributed by atoms with van der Waals surface area (Å²) < 4.78 is 20.7. The Bertz CT molecular complexity index is 2820. The topological polar surface area (TPSA) is 234 Å². The van der Waals surface area contributed by atoms with Crippen LogP contribution in [-0.2, 0) is 31.0 Å². The predicted octanol–water partition coefficient (Wildman–Crippen LogP) is 6.45. The van der Waals surface area contributed by atoms with Crippen LogP contribution in [0, 0.1) is 35.5 Å². The van der Waals surface area contributed by atoms with E-state index in [2.05, 4.69) is 24.5 Å². The van der Waals surface area contributed by atoms with Crippen molar-refractivity contribution in [3.8, 4) is 5.75 Å². The molecule has 2 aromatic rings. The third-order valence-corrected chi connectivity index (χ3v) is 21.9. The number of nitrogens with one attached hydrogen (secondary N) is 2. The van der Waals surface area contributed by atoms with Crippen LogP contribution in [0.1, 0.15) is 116 Å². The molecule has 1 amide bonds. The van der Waals surface area contributed by atoms with E-state index in [4.69, 9.17) is 19.6 Å². The van der Waals surface area contributed by atoms with Gasteiger partial charge in [0, 0.05) is 95.4 Å². The zero-order chi connectivity index (χ0) is 53.8. The first-order valence-electron chi connectivity index (χ1n) is 27.9. The van der Waals surface area contributed by atoms with Gasteiger partial charge in [0.15, 0.2) is 17.0 Å². The van der Waals surface area contributed by atoms with E-state index in [0.717, 1.165) is 48.0 Å². The Labute approximate surface area is 454 Å². The van der Waals surface area contributed by atoms with Gasteiger partial charge in [0.1, 0.15) is 11.3 Å². The molecule has 4 aliphatic heterocycles. The van der Waals surface area contributed by atoms with E-state index in [0.29, 0.717) is 78.3 Å². The number of ketones is 1. The van der Waals surface area contributed by atoms with Crippen molar-refractivity contribution in [1.29, 1.82) is 0 Å². The van der Waals surface area contributed by atoms with Gasteiger partial charge in [-0.25, -0.2) is 9.59 Å². The van der Waals surface area contributed by atoms with Crippen LogP contribution in [0.25, 0.3) is 11.0 Å². The number of carbonyl (C=O) groups is 3. The molecule has 412 valence electrons. The number of nitrogens with two attached hydrogens (primary N) is 1. The maximum absolute atomic E-state index is 15.1. The molecule has 1 aromatic carbocycles. The van der Waals surface area contributed by atoms with Gasteiger partial charge in [0.2, 0.25) is 5.91 Å². The van der Waals surface area contributed by atoms with E-state index in [1.165, 1.54) is 0 Å². The number of hydrogen-bond acceptors (Lipinski definition) is 16. The molecule has 12 atom stereocenters. The molecule has 76 heavy (non-hydrogen) atoms. The minimum atomic E-state index is -1.61. The highest BCUT2D eigenvalue weighted by molar-refractivity contribution is 8.77. The summed E-state index contributed by atoms with van der Waals surface area (Å²) in [5.74, 6) is -0.870. The molecular formula is C59H78N4O11S2. The smallest absolute Gasteiger partial charge is 0.340 e. The highest BCUT2D eigenvalue weighted by Gasteiger charge is 2.68. The van der Waals surface area contributed by atoms with E-state index in [9.17, 15) is 34.8 Å². The van der Waals surface area contributed by atoms with Crippen molar-refractivity contribution in [3.63, 3.8) is 0 Å². The summed E-state index contributed by atoms with van der Waals surface area (Å²) in [4.78, 5) is 60.0. The van der Waals surface area contributed by atoms with Gasteiger partial charge in [-0.05, 0) is 119 Å². The van der Waals surface area contributed by atoms with Crippen molar-refractivity contribution in [2.75, 3.05) is 39.2 Å². The minimum absolute atomic E-state index is 0.0375. The highest BCUT2D eigenvalue weighted by Crippen LogP contribution is 2.60. The number of rotatable bonds is 15. The Hall–Kier alpha value is -4.36. The van der Waals surface area contributed by atoms with Gasteiger partial charge in [-0.1, -0.05) is 78.5 Å². The molecule has 5 heterocycles. The Kier molecular flexibility index (Phi) is 16.0. The number of aliphatic hydroxyl groups excluding tert-OH is 4. The highest BCUT2D eigenvalue weighted by atomic mass is 33.1. The molecule has 1 spiro atoms. The maximum Gasteiger partial charge on any atom is 0.340 e. The third-order valence-electron chi connectivity index (χ3n) is 19.1. The Morgan fingerprint density at radius 2 is 1.86 bits per heavy atom. The number of ether oxygens (including phenoxy) is 2. The Morgan fingerprint density at radius 3 is 2.57 bits per heavy atom. The molecule has 4 aliphatic carbocycles. The van der Waals surface area contributed by atoms with Crippen LogP contribution in [0.2, 0.25) is 0 Å². The van der Waals surface area contributed by atoms with Crippen molar-refractivity contribution in [2.45, 2.75) is 157 Å². The first-order chi connectivity index (χ1) is 36.5. The summed E-state index contributed by atoms with van der Waals surface area (Å²) in [6, 6.07) is 5.27. The number of fused-ring (bicyclic) bond motifs is 7.